The molecular weight excluding hydrogens is 236 g/mol. The number of fused-ring (bicyclic) bond motifs is 1. The van der Waals surface area contributed by atoms with Crippen LogP contribution in [0.5, 0.6) is 0 Å². The lowest BCUT2D eigenvalue weighted by molar-refractivity contribution is -0.139. The Morgan fingerprint density at radius 1 is 1.50 bits per heavy atom. The molecule has 94 valence electrons. The predicted molar refractivity (Wildman–Crippen MR) is 64.1 cm³/mol. The van der Waals surface area contributed by atoms with Gasteiger partial charge < -0.3 is 14.8 Å². The Morgan fingerprint density at radius 3 is 3.00 bits per heavy atom. The van der Waals surface area contributed by atoms with Crippen LogP contribution in [0.15, 0.2) is 29.0 Å². The third-order valence-corrected chi connectivity index (χ3v) is 2.53. The molecule has 1 atom stereocenters. The largest absolute Gasteiger partial charge is 0.481 e. The molecule has 2 aromatic rings. The monoisotopic (exact) mass is 248 g/mol. The molecule has 1 aromatic carbocycles. The van der Waals surface area contributed by atoms with Crippen LogP contribution in [0, 0.1) is 5.92 Å². The van der Waals surface area contributed by atoms with Crippen molar-refractivity contribution in [3.05, 3.63) is 24.6 Å². The van der Waals surface area contributed by atoms with Crippen LogP contribution < -0.4 is 5.32 Å². The molecule has 0 fully saturated rings. The average Bonchev–Trinajstić information content (AvgIpc) is 2.75. The van der Waals surface area contributed by atoms with Crippen LogP contribution in [0.4, 0.5) is 5.69 Å². The molecule has 0 saturated carbocycles. The molecule has 1 heterocycles. The molecule has 1 unspecified atom stereocenters. The van der Waals surface area contributed by atoms with E-state index in [1.54, 1.807) is 25.1 Å². The number of carboxylic acids is 1. The van der Waals surface area contributed by atoms with Crippen molar-refractivity contribution < 1.29 is 19.1 Å². The first kappa shape index (κ1) is 12.1. The van der Waals surface area contributed by atoms with E-state index in [2.05, 4.69) is 10.3 Å². The number of carbonyl (C=O) groups is 2. The van der Waals surface area contributed by atoms with Crippen molar-refractivity contribution in [2.45, 2.75) is 13.3 Å². The number of anilines is 1. The zero-order valence-electron chi connectivity index (χ0n) is 9.71. The summed E-state index contributed by atoms with van der Waals surface area (Å²) in [5.74, 6) is -1.92. The Balaban J connectivity index is 2.08. The maximum atomic E-state index is 11.7. The summed E-state index contributed by atoms with van der Waals surface area (Å²) in [6.07, 6.45) is 1.12. The fourth-order valence-corrected chi connectivity index (χ4v) is 1.55. The summed E-state index contributed by atoms with van der Waals surface area (Å²) < 4.78 is 5.11. The number of hydrogen-bond donors (Lipinski definition) is 2. The highest BCUT2D eigenvalue weighted by Crippen LogP contribution is 2.18. The van der Waals surface area contributed by atoms with Crippen molar-refractivity contribution in [3.63, 3.8) is 0 Å². The minimum absolute atomic E-state index is 0.198. The smallest absolute Gasteiger partial charge is 0.304 e. The molecule has 2 N–H and O–H groups in total. The molecule has 0 aliphatic heterocycles. The van der Waals surface area contributed by atoms with Gasteiger partial charge in [0.2, 0.25) is 5.91 Å². The zero-order chi connectivity index (χ0) is 13.1. The van der Waals surface area contributed by atoms with Gasteiger partial charge in [0.1, 0.15) is 5.52 Å². The number of aliphatic carboxylic acids is 1. The third kappa shape index (κ3) is 2.65. The molecule has 6 nitrogen and oxygen atoms in total. The van der Waals surface area contributed by atoms with Crippen LogP contribution in [-0.2, 0) is 9.59 Å². The van der Waals surface area contributed by atoms with Gasteiger partial charge in [-0.15, -0.1) is 0 Å². The Hall–Kier alpha value is -2.37. The van der Waals surface area contributed by atoms with Crippen LogP contribution in [0.2, 0.25) is 0 Å². The molecule has 1 aromatic heterocycles. The summed E-state index contributed by atoms with van der Waals surface area (Å²) in [6, 6.07) is 5.06. The van der Waals surface area contributed by atoms with E-state index in [0.29, 0.717) is 16.8 Å². The number of rotatable bonds is 4. The highest BCUT2D eigenvalue weighted by atomic mass is 16.4. The number of oxazole rings is 1. The Labute approximate surface area is 103 Å². The molecule has 0 bridgehead atoms. The molecule has 2 rings (SSSR count). The molecule has 18 heavy (non-hydrogen) atoms. The lowest BCUT2D eigenvalue weighted by atomic mass is 10.1. The second-order valence-electron chi connectivity index (χ2n) is 4.02. The van der Waals surface area contributed by atoms with E-state index in [1.807, 2.05) is 0 Å². The topological polar surface area (TPSA) is 92.4 Å². The first-order chi connectivity index (χ1) is 8.56. The quantitative estimate of drug-likeness (QED) is 0.861. The lowest BCUT2D eigenvalue weighted by Gasteiger charge is -2.09. The molecular formula is C12H12N2O4. The van der Waals surface area contributed by atoms with Gasteiger partial charge in [-0.3, -0.25) is 9.59 Å². The fourth-order valence-electron chi connectivity index (χ4n) is 1.55. The van der Waals surface area contributed by atoms with E-state index >= 15 is 0 Å². The predicted octanol–water partition coefficient (Wildman–Crippen LogP) is 1.88. The van der Waals surface area contributed by atoms with Crippen molar-refractivity contribution >= 4 is 28.7 Å². The van der Waals surface area contributed by atoms with Crippen molar-refractivity contribution in [1.82, 2.24) is 4.98 Å². The van der Waals surface area contributed by atoms with Gasteiger partial charge in [0.25, 0.3) is 0 Å². The van der Waals surface area contributed by atoms with E-state index in [9.17, 15) is 9.59 Å². The molecule has 0 aliphatic rings. The number of nitrogens with zero attached hydrogens (tertiary/aromatic N) is 1. The van der Waals surface area contributed by atoms with Gasteiger partial charge in [0.05, 0.1) is 6.42 Å². The summed E-state index contributed by atoms with van der Waals surface area (Å²) in [6.45, 7) is 1.57. The standard InChI is InChI=1S/C12H12N2O4/c1-7(4-11(15)16)12(17)14-8-2-3-9-10(5-8)18-6-13-9/h2-3,5-7H,4H2,1H3,(H,14,17)(H,15,16). The van der Waals surface area contributed by atoms with E-state index < -0.39 is 11.9 Å². The Morgan fingerprint density at radius 2 is 2.28 bits per heavy atom. The molecule has 0 spiro atoms. The first-order valence-corrected chi connectivity index (χ1v) is 5.42. The van der Waals surface area contributed by atoms with Crippen molar-refractivity contribution in [1.29, 1.82) is 0 Å². The highest BCUT2D eigenvalue weighted by Gasteiger charge is 2.16. The maximum Gasteiger partial charge on any atom is 0.304 e. The summed E-state index contributed by atoms with van der Waals surface area (Å²) in [4.78, 5) is 26.2. The summed E-state index contributed by atoms with van der Waals surface area (Å²) >= 11 is 0. The van der Waals surface area contributed by atoms with Gasteiger partial charge in [-0.2, -0.15) is 0 Å². The fraction of sp³-hybridized carbons (Fsp3) is 0.250. The van der Waals surface area contributed by atoms with Gasteiger partial charge in [0.15, 0.2) is 12.0 Å². The zero-order valence-corrected chi connectivity index (χ0v) is 9.71. The number of carbonyl (C=O) groups excluding carboxylic acids is 1. The SMILES string of the molecule is CC(CC(=O)O)C(=O)Nc1ccc2ncoc2c1. The average molecular weight is 248 g/mol. The summed E-state index contributed by atoms with van der Waals surface area (Å²) in [5, 5.41) is 11.2. The highest BCUT2D eigenvalue weighted by molar-refractivity contribution is 5.95. The normalized spacial score (nSPS) is 12.3. The van der Waals surface area contributed by atoms with Crippen molar-refractivity contribution in [3.8, 4) is 0 Å². The van der Waals surface area contributed by atoms with E-state index in [-0.39, 0.29) is 12.3 Å². The molecule has 0 radical (unpaired) electrons. The van der Waals surface area contributed by atoms with Crippen LogP contribution in [0.3, 0.4) is 0 Å². The first-order valence-electron chi connectivity index (χ1n) is 5.42. The van der Waals surface area contributed by atoms with Crippen LogP contribution in [-0.4, -0.2) is 22.0 Å². The van der Waals surface area contributed by atoms with E-state index in [0.717, 1.165) is 0 Å². The number of hydrogen-bond acceptors (Lipinski definition) is 4. The van der Waals surface area contributed by atoms with Gasteiger partial charge >= 0.3 is 5.97 Å². The molecule has 0 aliphatic carbocycles. The van der Waals surface area contributed by atoms with Gasteiger partial charge in [-0.1, -0.05) is 6.92 Å². The number of nitrogens with one attached hydrogen (secondary N) is 1. The number of amides is 1. The lowest BCUT2D eigenvalue weighted by Crippen LogP contribution is -2.22. The number of benzene rings is 1. The summed E-state index contributed by atoms with van der Waals surface area (Å²) in [5.41, 5.74) is 1.83. The molecule has 0 saturated heterocycles. The van der Waals surface area contributed by atoms with Crippen LogP contribution in [0.25, 0.3) is 11.1 Å². The van der Waals surface area contributed by atoms with Crippen molar-refractivity contribution in [2.75, 3.05) is 5.32 Å². The van der Waals surface area contributed by atoms with Gasteiger partial charge in [-0.05, 0) is 12.1 Å². The van der Waals surface area contributed by atoms with E-state index in [4.69, 9.17) is 9.52 Å². The minimum Gasteiger partial charge on any atom is -0.481 e. The second kappa shape index (κ2) is 4.87. The van der Waals surface area contributed by atoms with Gasteiger partial charge in [-0.25, -0.2) is 4.98 Å². The Kier molecular flexibility index (Phi) is 3.27. The number of aromatic nitrogens is 1. The van der Waals surface area contributed by atoms with Crippen LogP contribution in [0.1, 0.15) is 13.3 Å². The maximum absolute atomic E-state index is 11.7. The Bertz CT molecular complexity index is 591. The van der Waals surface area contributed by atoms with Crippen LogP contribution >= 0.6 is 0 Å². The van der Waals surface area contributed by atoms with E-state index in [1.165, 1.54) is 6.39 Å². The minimum atomic E-state index is -0.997. The van der Waals surface area contributed by atoms with Gasteiger partial charge in [0, 0.05) is 17.7 Å². The molecule has 6 heteroatoms. The third-order valence-electron chi connectivity index (χ3n) is 2.53. The molecule has 1 amide bonds. The number of carboxylic acid groups (broad SMARTS) is 1. The second-order valence-corrected chi connectivity index (χ2v) is 4.02. The summed E-state index contributed by atoms with van der Waals surface area (Å²) in [7, 11) is 0. The van der Waals surface area contributed by atoms with Crippen molar-refractivity contribution in [2.24, 2.45) is 5.92 Å².